The van der Waals surface area contributed by atoms with Crippen LogP contribution in [0, 0.1) is 11.6 Å². The summed E-state index contributed by atoms with van der Waals surface area (Å²) in [6.45, 7) is 0. The van der Waals surface area contributed by atoms with E-state index in [2.05, 4.69) is 15.2 Å². The third-order valence-corrected chi connectivity index (χ3v) is 4.07. The van der Waals surface area contributed by atoms with Crippen molar-refractivity contribution in [2.24, 2.45) is 0 Å². The Labute approximate surface area is 118 Å². The molecule has 1 aromatic carbocycles. The first-order valence-electron chi connectivity index (χ1n) is 6.31. The molecule has 1 atom stereocenters. The molecule has 2 aromatic rings. The van der Waals surface area contributed by atoms with Gasteiger partial charge in [0.05, 0.1) is 6.10 Å². The predicted octanol–water partition coefficient (Wildman–Crippen LogP) is 2.79. The lowest BCUT2D eigenvalue weighted by Gasteiger charge is -2.09. The van der Waals surface area contributed by atoms with E-state index < -0.39 is 17.7 Å². The Bertz CT molecular complexity index is 615. The van der Waals surface area contributed by atoms with Crippen LogP contribution >= 0.6 is 11.8 Å². The Morgan fingerprint density at radius 3 is 2.85 bits per heavy atom. The first-order valence-corrected chi connectivity index (χ1v) is 7.30. The van der Waals surface area contributed by atoms with Crippen LogP contribution < -0.4 is 0 Å². The van der Waals surface area contributed by atoms with E-state index in [1.165, 1.54) is 17.8 Å². The molecule has 1 heterocycles. The van der Waals surface area contributed by atoms with Gasteiger partial charge in [-0.05, 0) is 30.5 Å². The molecule has 1 saturated carbocycles. The summed E-state index contributed by atoms with van der Waals surface area (Å²) in [4.78, 5) is 4.32. The third kappa shape index (κ3) is 2.99. The van der Waals surface area contributed by atoms with Gasteiger partial charge in [0.15, 0.2) is 11.6 Å². The molecule has 1 unspecified atom stereocenters. The van der Waals surface area contributed by atoms with Crippen LogP contribution in [-0.4, -0.2) is 26.0 Å². The van der Waals surface area contributed by atoms with Crippen molar-refractivity contribution >= 4 is 11.8 Å². The molecule has 1 fully saturated rings. The zero-order chi connectivity index (χ0) is 14.1. The van der Waals surface area contributed by atoms with Crippen LogP contribution in [0.15, 0.2) is 23.4 Å². The summed E-state index contributed by atoms with van der Waals surface area (Å²) in [7, 11) is 0. The molecule has 4 nitrogen and oxygen atoms in total. The minimum absolute atomic E-state index is 0.285. The molecule has 1 aliphatic rings. The van der Waals surface area contributed by atoms with Crippen LogP contribution in [0.5, 0.6) is 0 Å². The zero-order valence-electron chi connectivity index (χ0n) is 10.5. The van der Waals surface area contributed by atoms with Crippen molar-refractivity contribution in [3.05, 3.63) is 41.2 Å². The van der Waals surface area contributed by atoms with E-state index in [1.807, 2.05) is 0 Å². The topological polar surface area (TPSA) is 61.8 Å². The molecule has 106 valence electrons. The summed E-state index contributed by atoms with van der Waals surface area (Å²) < 4.78 is 25.9. The van der Waals surface area contributed by atoms with E-state index in [9.17, 15) is 13.9 Å². The number of halogens is 2. The van der Waals surface area contributed by atoms with Crippen molar-refractivity contribution in [3.8, 4) is 0 Å². The van der Waals surface area contributed by atoms with E-state index >= 15 is 0 Å². The first-order chi connectivity index (χ1) is 9.63. The van der Waals surface area contributed by atoms with E-state index in [1.54, 1.807) is 0 Å². The van der Waals surface area contributed by atoms with Gasteiger partial charge in [-0.2, -0.15) is 0 Å². The highest BCUT2D eigenvalue weighted by Crippen LogP contribution is 2.38. The number of aromatic nitrogens is 3. The average Bonchev–Trinajstić information content (AvgIpc) is 3.18. The van der Waals surface area contributed by atoms with Gasteiger partial charge in [-0.25, -0.2) is 13.8 Å². The Kier molecular flexibility index (Phi) is 3.71. The number of H-pyrrole nitrogens is 1. The molecule has 3 rings (SSSR count). The van der Waals surface area contributed by atoms with E-state index in [0.29, 0.717) is 16.6 Å². The molecular weight excluding hydrogens is 284 g/mol. The van der Waals surface area contributed by atoms with Gasteiger partial charge in [0.1, 0.15) is 5.82 Å². The van der Waals surface area contributed by atoms with Crippen LogP contribution in [0.4, 0.5) is 8.78 Å². The largest absolute Gasteiger partial charge is 0.388 e. The molecule has 2 N–H and O–H groups in total. The summed E-state index contributed by atoms with van der Waals surface area (Å²) in [6.07, 6.45) is 1.38. The predicted molar refractivity (Wildman–Crippen MR) is 70.4 cm³/mol. The van der Waals surface area contributed by atoms with E-state index in [-0.39, 0.29) is 5.75 Å². The number of aliphatic hydroxyl groups is 1. The van der Waals surface area contributed by atoms with Gasteiger partial charge in [0, 0.05) is 11.7 Å². The molecule has 0 bridgehead atoms. The Hall–Kier alpha value is -1.47. The number of nitrogens with zero attached hydrogens (tertiary/aromatic N) is 2. The molecule has 7 heteroatoms. The van der Waals surface area contributed by atoms with Crippen LogP contribution in [0.1, 0.15) is 36.3 Å². The van der Waals surface area contributed by atoms with E-state index in [4.69, 9.17) is 0 Å². The lowest BCUT2D eigenvalue weighted by atomic mass is 10.1. The van der Waals surface area contributed by atoms with Crippen LogP contribution in [0.25, 0.3) is 0 Å². The minimum atomic E-state index is -0.958. The van der Waals surface area contributed by atoms with Crippen molar-refractivity contribution in [1.29, 1.82) is 0 Å². The van der Waals surface area contributed by atoms with Gasteiger partial charge < -0.3 is 5.11 Å². The van der Waals surface area contributed by atoms with Crippen LogP contribution in [0.3, 0.4) is 0 Å². The highest BCUT2D eigenvalue weighted by atomic mass is 32.2. The third-order valence-electron chi connectivity index (χ3n) is 3.14. The Morgan fingerprint density at radius 1 is 1.35 bits per heavy atom. The molecule has 1 aliphatic carbocycles. The van der Waals surface area contributed by atoms with Crippen molar-refractivity contribution in [2.75, 3.05) is 5.75 Å². The van der Waals surface area contributed by atoms with Gasteiger partial charge >= 0.3 is 0 Å². The van der Waals surface area contributed by atoms with Gasteiger partial charge in [-0.3, -0.25) is 5.10 Å². The van der Waals surface area contributed by atoms with Gasteiger partial charge in [-0.1, -0.05) is 17.8 Å². The maximum absolute atomic E-state index is 13.1. The molecule has 0 saturated heterocycles. The Balaban J connectivity index is 1.60. The zero-order valence-corrected chi connectivity index (χ0v) is 11.3. The van der Waals surface area contributed by atoms with Gasteiger partial charge in [0.25, 0.3) is 0 Å². The highest BCUT2D eigenvalue weighted by molar-refractivity contribution is 7.99. The van der Waals surface area contributed by atoms with E-state index in [0.717, 1.165) is 30.8 Å². The fraction of sp³-hybridized carbons (Fsp3) is 0.385. The summed E-state index contributed by atoms with van der Waals surface area (Å²) in [5.74, 6) is -0.215. The average molecular weight is 297 g/mol. The molecule has 0 spiro atoms. The lowest BCUT2D eigenvalue weighted by molar-refractivity contribution is 0.203. The maximum Gasteiger partial charge on any atom is 0.208 e. The fourth-order valence-electron chi connectivity index (χ4n) is 1.83. The summed E-state index contributed by atoms with van der Waals surface area (Å²) in [5.41, 5.74) is 0.342. The number of aliphatic hydroxyl groups excluding tert-OH is 1. The number of nitrogens with one attached hydrogen (secondary N) is 1. The lowest BCUT2D eigenvalue weighted by Crippen LogP contribution is -2.02. The minimum Gasteiger partial charge on any atom is -0.388 e. The maximum atomic E-state index is 13.1. The first kappa shape index (κ1) is 13.5. The summed E-state index contributed by atoms with van der Waals surface area (Å²) >= 11 is 1.28. The molecular formula is C13H13F2N3OS. The second kappa shape index (κ2) is 5.49. The van der Waals surface area contributed by atoms with Crippen LogP contribution in [0.2, 0.25) is 0 Å². The monoisotopic (exact) mass is 297 g/mol. The number of hydrogen-bond donors (Lipinski definition) is 2. The number of thioether (sulfide) groups is 1. The van der Waals surface area contributed by atoms with Crippen LogP contribution in [-0.2, 0) is 0 Å². The number of hydrogen-bond acceptors (Lipinski definition) is 4. The standard InChI is InChI=1S/C13H13F2N3OS/c14-9-4-3-8(5-10(9)15)11(19)6-20-13-16-12(17-18-13)7-1-2-7/h3-5,7,11,19H,1-2,6H2,(H,16,17,18). The van der Waals surface area contributed by atoms with Crippen molar-refractivity contribution in [2.45, 2.75) is 30.0 Å². The second-order valence-electron chi connectivity index (χ2n) is 4.78. The number of rotatable bonds is 5. The van der Waals surface area contributed by atoms with Gasteiger partial charge in [-0.15, -0.1) is 5.10 Å². The molecule has 0 amide bonds. The smallest absolute Gasteiger partial charge is 0.208 e. The quantitative estimate of drug-likeness (QED) is 0.833. The van der Waals surface area contributed by atoms with Crippen molar-refractivity contribution in [1.82, 2.24) is 15.2 Å². The molecule has 0 radical (unpaired) electrons. The molecule has 1 aromatic heterocycles. The second-order valence-corrected chi connectivity index (χ2v) is 5.77. The van der Waals surface area contributed by atoms with Crippen molar-refractivity contribution < 1.29 is 13.9 Å². The van der Waals surface area contributed by atoms with Crippen molar-refractivity contribution in [3.63, 3.8) is 0 Å². The fourth-order valence-corrected chi connectivity index (χ4v) is 2.60. The normalized spacial score (nSPS) is 16.4. The molecule has 0 aliphatic heterocycles. The Morgan fingerprint density at radius 2 is 2.15 bits per heavy atom. The van der Waals surface area contributed by atoms with Gasteiger partial charge in [0.2, 0.25) is 5.16 Å². The highest BCUT2D eigenvalue weighted by Gasteiger charge is 2.27. The SMILES string of the molecule is OC(CSc1n[nH]c(C2CC2)n1)c1ccc(F)c(F)c1. The molecule has 20 heavy (non-hydrogen) atoms. The summed E-state index contributed by atoms with van der Waals surface area (Å²) in [5, 5.41) is 17.4. The number of aromatic amines is 1. The summed E-state index contributed by atoms with van der Waals surface area (Å²) in [6, 6.07) is 3.39. The number of benzene rings is 1.